The minimum atomic E-state index is -0.928. The molecule has 0 spiro atoms. The monoisotopic (exact) mass is 291 g/mol. The van der Waals surface area contributed by atoms with E-state index in [1.165, 1.54) is 25.4 Å². The van der Waals surface area contributed by atoms with Gasteiger partial charge in [-0.1, -0.05) is 0 Å². The average Bonchev–Trinajstić information content (AvgIpc) is 2.43. The third-order valence-electron chi connectivity index (χ3n) is 3.66. The van der Waals surface area contributed by atoms with Crippen LogP contribution in [0.25, 0.3) is 0 Å². The Kier molecular flexibility index (Phi) is 4.21. The zero-order valence-electron chi connectivity index (χ0n) is 11.7. The van der Waals surface area contributed by atoms with Crippen LogP contribution >= 0.6 is 0 Å². The van der Waals surface area contributed by atoms with E-state index < -0.39 is 11.5 Å². The molecule has 1 heterocycles. The second-order valence-corrected chi connectivity index (χ2v) is 5.17. The number of rotatable bonds is 5. The predicted molar refractivity (Wildman–Crippen MR) is 73.9 cm³/mol. The van der Waals surface area contributed by atoms with E-state index >= 15 is 0 Å². The first-order valence-corrected chi connectivity index (χ1v) is 6.68. The molecule has 2 rings (SSSR count). The molecule has 1 aromatic heterocycles. The first-order chi connectivity index (χ1) is 9.96. The van der Waals surface area contributed by atoms with Crippen LogP contribution in [0.3, 0.4) is 0 Å². The Bertz CT molecular complexity index is 564. The second kappa shape index (κ2) is 5.90. The fraction of sp³-hybridized carbons (Fsp3) is 0.429. The molecule has 1 aliphatic rings. The minimum Gasteiger partial charge on any atom is -0.481 e. The summed E-state index contributed by atoms with van der Waals surface area (Å²) in [6.45, 7) is 0. The highest BCUT2D eigenvalue weighted by atomic mass is 16.4. The van der Waals surface area contributed by atoms with Crippen molar-refractivity contribution in [2.75, 3.05) is 7.05 Å². The number of aromatic nitrogens is 1. The highest BCUT2D eigenvalue weighted by Crippen LogP contribution is 2.35. The van der Waals surface area contributed by atoms with Crippen molar-refractivity contribution < 1.29 is 19.5 Å². The van der Waals surface area contributed by atoms with Crippen molar-refractivity contribution in [3.05, 3.63) is 29.6 Å². The molecule has 3 N–H and O–H groups in total. The van der Waals surface area contributed by atoms with E-state index in [0.29, 0.717) is 18.4 Å². The number of carbonyl (C=O) groups is 3. The van der Waals surface area contributed by atoms with Crippen LogP contribution in [0.1, 0.15) is 46.5 Å². The highest BCUT2D eigenvalue weighted by Gasteiger charge is 2.40. The van der Waals surface area contributed by atoms with Crippen LogP contribution in [0.2, 0.25) is 0 Å². The summed E-state index contributed by atoms with van der Waals surface area (Å²) in [5.74, 6) is -1.63. The molecule has 0 aromatic carbocycles. The van der Waals surface area contributed by atoms with Gasteiger partial charge in [0.15, 0.2) is 0 Å². The standard InChI is InChI=1S/C14H17N3O4/c1-15-13(21)10-4-3-9(8-16-10)12(20)17-14(5-2-6-14)7-11(18)19/h3-4,8H,2,5-7H2,1H3,(H,15,21)(H,17,20)(H,18,19). The molecule has 0 aliphatic heterocycles. The summed E-state index contributed by atoms with van der Waals surface area (Å²) >= 11 is 0. The zero-order valence-corrected chi connectivity index (χ0v) is 11.7. The van der Waals surface area contributed by atoms with Crippen LogP contribution in [0, 0.1) is 0 Å². The normalized spacial score (nSPS) is 15.7. The third kappa shape index (κ3) is 3.36. The van der Waals surface area contributed by atoms with E-state index in [1.807, 2.05) is 0 Å². The van der Waals surface area contributed by atoms with Gasteiger partial charge in [-0.15, -0.1) is 0 Å². The van der Waals surface area contributed by atoms with Crippen molar-refractivity contribution in [1.29, 1.82) is 0 Å². The number of carboxylic acid groups (broad SMARTS) is 1. The lowest BCUT2D eigenvalue weighted by atomic mass is 9.74. The minimum absolute atomic E-state index is 0.0809. The van der Waals surface area contributed by atoms with Crippen molar-refractivity contribution in [1.82, 2.24) is 15.6 Å². The average molecular weight is 291 g/mol. The fourth-order valence-electron chi connectivity index (χ4n) is 2.34. The summed E-state index contributed by atoms with van der Waals surface area (Å²) in [6.07, 6.45) is 3.46. The van der Waals surface area contributed by atoms with Crippen LogP contribution < -0.4 is 10.6 Å². The molecule has 0 atom stereocenters. The molecule has 0 radical (unpaired) electrons. The molecule has 1 saturated carbocycles. The van der Waals surface area contributed by atoms with Crippen LogP contribution in [-0.2, 0) is 4.79 Å². The molecule has 2 amide bonds. The number of carboxylic acids is 1. The number of nitrogens with zero attached hydrogens (tertiary/aromatic N) is 1. The van der Waals surface area contributed by atoms with E-state index in [2.05, 4.69) is 15.6 Å². The van der Waals surface area contributed by atoms with Crippen LogP contribution in [0.15, 0.2) is 18.3 Å². The van der Waals surface area contributed by atoms with E-state index in [-0.39, 0.29) is 23.9 Å². The Morgan fingerprint density at radius 1 is 1.29 bits per heavy atom. The second-order valence-electron chi connectivity index (χ2n) is 5.17. The van der Waals surface area contributed by atoms with E-state index in [9.17, 15) is 14.4 Å². The Labute approximate surface area is 121 Å². The molecule has 7 heteroatoms. The quantitative estimate of drug-likeness (QED) is 0.735. The van der Waals surface area contributed by atoms with Gasteiger partial charge in [-0.2, -0.15) is 0 Å². The summed E-state index contributed by atoms with van der Waals surface area (Å²) in [5, 5.41) is 14.1. The van der Waals surface area contributed by atoms with Gasteiger partial charge in [0.05, 0.1) is 17.5 Å². The number of hydrogen-bond donors (Lipinski definition) is 3. The number of nitrogens with one attached hydrogen (secondary N) is 2. The Morgan fingerprint density at radius 2 is 2.00 bits per heavy atom. The number of carbonyl (C=O) groups excluding carboxylic acids is 2. The topological polar surface area (TPSA) is 108 Å². The molecule has 0 bridgehead atoms. The number of pyridine rings is 1. The lowest BCUT2D eigenvalue weighted by Gasteiger charge is -2.41. The van der Waals surface area contributed by atoms with Gasteiger partial charge < -0.3 is 15.7 Å². The molecule has 0 unspecified atom stereocenters. The lowest BCUT2D eigenvalue weighted by molar-refractivity contribution is -0.139. The molecular weight excluding hydrogens is 274 g/mol. The molecule has 1 aliphatic carbocycles. The first kappa shape index (κ1) is 15.0. The van der Waals surface area contributed by atoms with Gasteiger partial charge in [-0.25, -0.2) is 0 Å². The summed E-state index contributed by atoms with van der Waals surface area (Å²) in [6, 6.07) is 2.96. The molecule has 21 heavy (non-hydrogen) atoms. The van der Waals surface area contributed by atoms with E-state index in [4.69, 9.17) is 5.11 Å². The van der Waals surface area contributed by atoms with Gasteiger partial charge in [0, 0.05) is 13.2 Å². The number of amides is 2. The Hall–Kier alpha value is -2.44. The van der Waals surface area contributed by atoms with Gasteiger partial charge >= 0.3 is 5.97 Å². The third-order valence-corrected chi connectivity index (χ3v) is 3.66. The summed E-state index contributed by atoms with van der Waals surface area (Å²) in [5.41, 5.74) is -0.125. The zero-order chi connectivity index (χ0) is 15.5. The van der Waals surface area contributed by atoms with Crippen molar-refractivity contribution in [3.63, 3.8) is 0 Å². The van der Waals surface area contributed by atoms with Crippen molar-refractivity contribution in [3.8, 4) is 0 Å². The van der Waals surface area contributed by atoms with Gasteiger partial charge in [0.1, 0.15) is 5.69 Å². The maximum atomic E-state index is 12.1. The SMILES string of the molecule is CNC(=O)c1ccc(C(=O)NC2(CC(=O)O)CCC2)cn1. The highest BCUT2D eigenvalue weighted by molar-refractivity contribution is 5.96. The number of hydrogen-bond acceptors (Lipinski definition) is 4. The largest absolute Gasteiger partial charge is 0.481 e. The smallest absolute Gasteiger partial charge is 0.305 e. The van der Waals surface area contributed by atoms with Gasteiger partial charge in [-0.3, -0.25) is 19.4 Å². The van der Waals surface area contributed by atoms with Crippen LogP contribution in [0.4, 0.5) is 0 Å². The van der Waals surface area contributed by atoms with Crippen molar-refractivity contribution in [2.24, 2.45) is 0 Å². The maximum absolute atomic E-state index is 12.1. The Morgan fingerprint density at radius 3 is 2.43 bits per heavy atom. The van der Waals surface area contributed by atoms with Crippen LogP contribution in [-0.4, -0.2) is 40.5 Å². The van der Waals surface area contributed by atoms with Crippen molar-refractivity contribution >= 4 is 17.8 Å². The first-order valence-electron chi connectivity index (χ1n) is 6.68. The van der Waals surface area contributed by atoms with Gasteiger partial charge in [0.25, 0.3) is 11.8 Å². The molecule has 7 nitrogen and oxygen atoms in total. The summed E-state index contributed by atoms with van der Waals surface area (Å²) in [4.78, 5) is 38.3. The Balaban J connectivity index is 2.06. The molecule has 1 fully saturated rings. The maximum Gasteiger partial charge on any atom is 0.305 e. The summed E-state index contributed by atoms with van der Waals surface area (Å²) in [7, 11) is 1.50. The predicted octanol–water partition coefficient (Wildman–Crippen LogP) is 0.568. The lowest BCUT2D eigenvalue weighted by Crippen LogP contribution is -2.54. The van der Waals surface area contributed by atoms with Gasteiger partial charge in [-0.05, 0) is 31.4 Å². The molecule has 112 valence electrons. The van der Waals surface area contributed by atoms with Gasteiger partial charge in [0.2, 0.25) is 0 Å². The fourth-order valence-corrected chi connectivity index (χ4v) is 2.34. The summed E-state index contributed by atoms with van der Waals surface area (Å²) < 4.78 is 0. The van der Waals surface area contributed by atoms with E-state index in [1.54, 1.807) is 0 Å². The molecular formula is C14H17N3O4. The van der Waals surface area contributed by atoms with Crippen molar-refractivity contribution in [2.45, 2.75) is 31.2 Å². The number of aliphatic carboxylic acids is 1. The molecule has 0 saturated heterocycles. The van der Waals surface area contributed by atoms with Crippen LogP contribution in [0.5, 0.6) is 0 Å². The molecule has 1 aromatic rings. The van der Waals surface area contributed by atoms with E-state index in [0.717, 1.165) is 6.42 Å².